The molecule has 4 atom stereocenters. The van der Waals surface area contributed by atoms with E-state index in [-0.39, 0.29) is 6.10 Å². The van der Waals surface area contributed by atoms with Crippen molar-refractivity contribution in [1.82, 2.24) is 0 Å². The van der Waals surface area contributed by atoms with E-state index in [0.717, 1.165) is 0 Å². The molecule has 2 radical (unpaired) electrons. The summed E-state index contributed by atoms with van der Waals surface area (Å²) in [6, 6.07) is -0.909. The molecular formula is C5H6BFO2. The summed E-state index contributed by atoms with van der Waals surface area (Å²) in [6.45, 7) is 0. The average molecular weight is 128 g/mol. The fourth-order valence-electron chi connectivity index (χ4n) is 1.24. The Morgan fingerprint density at radius 1 is 1.78 bits per heavy atom. The van der Waals surface area contributed by atoms with Crippen LogP contribution in [-0.4, -0.2) is 36.8 Å². The molecule has 1 aliphatic carbocycles. The first kappa shape index (κ1) is 5.68. The monoisotopic (exact) mass is 128 g/mol. The van der Waals surface area contributed by atoms with Gasteiger partial charge in [-0.2, -0.15) is 0 Å². The van der Waals surface area contributed by atoms with E-state index < -0.39 is 17.8 Å². The Labute approximate surface area is 53.4 Å². The molecule has 1 N–H and O–H groups in total. The maximum atomic E-state index is 12.6. The van der Waals surface area contributed by atoms with Gasteiger partial charge >= 0.3 is 0 Å². The summed E-state index contributed by atoms with van der Waals surface area (Å²) in [5, 5.41) is 9.13. The molecule has 48 valence electrons. The summed E-state index contributed by atoms with van der Waals surface area (Å²) in [5.41, 5.74) is -1.22. The Kier molecular flexibility index (Phi) is 0.835. The lowest BCUT2D eigenvalue weighted by atomic mass is 9.93. The molecular weight excluding hydrogens is 122 g/mol. The first-order chi connectivity index (χ1) is 4.14. The zero-order chi connectivity index (χ0) is 6.65. The molecule has 1 saturated heterocycles. The summed E-state index contributed by atoms with van der Waals surface area (Å²) >= 11 is 0. The van der Waals surface area contributed by atoms with E-state index in [1.165, 1.54) is 0 Å². The first-order valence-electron chi connectivity index (χ1n) is 2.92. The highest BCUT2D eigenvalue weighted by Crippen LogP contribution is 2.50. The van der Waals surface area contributed by atoms with Gasteiger partial charge < -0.3 is 9.84 Å². The molecule has 0 bridgehead atoms. The quantitative estimate of drug-likeness (QED) is 0.439. The van der Waals surface area contributed by atoms with Crippen LogP contribution in [0.3, 0.4) is 0 Å². The third-order valence-electron chi connectivity index (χ3n) is 2.00. The minimum absolute atomic E-state index is 0.331. The molecule has 0 spiro atoms. The van der Waals surface area contributed by atoms with Gasteiger partial charge in [0.1, 0.15) is 19.6 Å². The van der Waals surface area contributed by atoms with Crippen LogP contribution in [0.25, 0.3) is 0 Å². The van der Waals surface area contributed by atoms with Crippen LogP contribution in [0.2, 0.25) is 0 Å². The third-order valence-corrected chi connectivity index (χ3v) is 2.00. The number of halogens is 1. The van der Waals surface area contributed by atoms with Crippen LogP contribution < -0.4 is 0 Å². The van der Waals surface area contributed by atoms with Crippen molar-refractivity contribution in [1.29, 1.82) is 0 Å². The van der Waals surface area contributed by atoms with E-state index >= 15 is 0 Å². The standard InChI is InChI=1S/C5H6BFO2/c6-4-3(7)5(8)1-2(5)9-4/h2-4,8H,1H2/t2-,3+,4-,5-/m1/s1. The van der Waals surface area contributed by atoms with Crippen LogP contribution >= 0.6 is 0 Å². The largest absolute Gasteiger partial charge is 0.384 e. The van der Waals surface area contributed by atoms with Crippen LogP contribution in [0.1, 0.15) is 6.42 Å². The van der Waals surface area contributed by atoms with Gasteiger partial charge in [-0.25, -0.2) is 4.39 Å². The summed E-state index contributed by atoms with van der Waals surface area (Å²) < 4.78 is 17.4. The highest BCUT2D eigenvalue weighted by molar-refractivity contribution is 6.11. The molecule has 0 aromatic heterocycles. The van der Waals surface area contributed by atoms with Crippen LogP contribution in [0, 0.1) is 0 Å². The molecule has 2 aliphatic rings. The predicted molar refractivity (Wildman–Crippen MR) is 28.9 cm³/mol. The molecule has 0 aromatic carbocycles. The number of hydrogen-bond acceptors (Lipinski definition) is 2. The van der Waals surface area contributed by atoms with E-state index in [0.29, 0.717) is 6.42 Å². The number of alkyl halides is 1. The lowest BCUT2D eigenvalue weighted by molar-refractivity contribution is 0.0621. The number of rotatable bonds is 0. The second-order valence-electron chi connectivity index (χ2n) is 2.69. The van der Waals surface area contributed by atoms with Crippen LogP contribution in [0.5, 0.6) is 0 Å². The summed E-state index contributed by atoms with van der Waals surface area (Å²) in [5.74, 6) is 0. The third kappa shape index (κ3) is 0.527. The zero-order valence-electron chi connectivity index (χ0n) is 4.75. The van der Waals surface area contributed by atoms with Crippen molar-refractivity contribution < 1.29 is 14.2 Å². The summed E-state index contributed by atoms with van der Waals surface area (Å²) in [4.78, 5) is 0. The van der Waals surface area contributed by atoms with Crippen LogP contribution in [-0.2, 0) is 4.74 Å². The highest BCUT2D eigenvalue weighted by atomic mass is 19.1. The lowest BCUT2D eigenvalue weighted by Gasteiger charge is -2.11. The van der Waals surface area contributed by atoms with E-state index in [1.54, 1.807) is 0 Å². The Bertz CT molecular complexity index is 154. The van der Waals surface area contributed by atoms with Crippen molar-refractivity contribution in [2.45, 2.75) is 30.3 Å². The Hall–Kier alpha value is -0.0851. The molecule has 0 amide bonds. The highest BCUT2D eigenvalue weighted by Gasteiger charge is 2.67. The summed E-state index contributed by atoms with van der Waals surface area (Å²) in [6.07, 6.45) is -1.31. The molecule has 2 rings (SSSR count). The number of hydrogen-bond donors (Lipinski definition) is 1. The molecule has 1 saturated carbocycles. The first-order valence-corrected chi connectivity index (χ1v) is 2.92. The van der Waals surface area contributed by atoms with Gasteiger partial charge in [-0.1, -0.05) is 0 Å². The Balaban J connectivity index is 2.18. The fraction of sp³-hybridized carbons (Fsp3) is 1.00. The van der Waals surface area contributed by atoms with Crippen LogP contribution in [0.15, 0.2) is 0 Å². The van der Waals surface area contributed by atoms with E-state index in [1.807, 2.05) is 0 Å². The molecule has 0 unspecified atom stereocenters. The van der Waals surface area contributed by atoms with E-state index in [4.69, 9.17) is 17.7 Å². The van der Waals surface area contributed by atoms with Gasteiger partial charge in [0.2, 0.25) is 0 Å². The Morgan fingerprint density at radius 3 is 2.67 bits per heavy atom. The lowest BCUT2D eigenvalue weighted by Crippen LogP contribution is -2.30. The van der Waals surface area contributed by atoms with Crippen molar-refractivity contribution in [3.63, 3.8) is 0 Å². The van der Waals surface area contributed by atoms with E-state index in [2.05, 4.69) is 0 Å². The molecule has 1 aliphatic heterocycles. The average Bonchev–Trinajstić information content (AvgIpc) is 2.36. The van der Waals surface area contributed by atoms with Gasteiger partial charge in [-0.3, -0.25) is 0 Å². The Morgan fingerprint density at radius 2 is 2.44 bits per heavy atom. The van der Waals surface area contributed by atoms with Gasteiger partial charge in [-0.05, 0) is 0 Å². The van der Waals surface area contributed by atoms with Gasteiger partial charge in [0.15, 0.2) is 0 Å². The van der Waals surface area contributed by atoms with Crippen LogP contribution in [0.4, 0.5) is 4.39 Å². The molecule has 0 aromatic rings. The zero-order valence-corrected chi connectivity index (χ0v) is 4.75. The van der Waals surface area contributed by atoms with E-state index in [9.17, 15) is 4.39 Å². The minimum atomic E-state index is -1.39. The van der Waals surface area contributed by atoms with Gasteiger partial charge in [-0.15, -0.1) is 0 Å². The fourth-order valence-corrected chi connectivity index (χ4v) is 1.24. The maximum absolute atomic E-state index is 12.6. The topological polar surface area (TPSA) is 29.5 Å². The van der Waals surface area contributed by atoms with Crippen molar-refractivity contribution >= 4 is 7.85 Å². The number of fused-ring (bicyclic) bond motifs is 1. The molecule has 2 fully saturated rings. The SMILES string of the molecule is [B][C@@H]1O[C@@H]2C[C@]2(O)[C@H]1F. The number of ether oxygens (including phenoxy) is 1. The molecule has 2 nitrogen and oxygen atoms in total. The van der Waals surface area contributed by atoms with Gasteiger partial charge in [0.05, 0.1) is 12.1 Å². The van der Waals surface area contributed by atoms with Crippen molar-refractivity contribution in [2.24, 2.45) is 0 Å². The van der Waals surface area contributed by atoms with Crippen molar-refractivity contribution in [2.75, 3.05) is 0 Å². The molecule has 9 heavy (non-hydrogen) atoms. The molecule has 4 heteroatoms. The second-order valence-corrected chi connectivity index (χ2v) is 2.69. The summed E-state index contributed by atoms with van der Waals surface area (Å²) in [7, 11) is 5.13. The normalized spacial score (nSPS) is 63.6. The van der Waals surface area contributed by atoms with Crippen molar-refractivity contribution in [3.8, 4) is 0 Å². The second kappa shape index (κ2) is 1.32. The van der Waals surface area contributed by atoms with Gasteiger partial charge in [0, 0.05) is 6.42 Å². The minimum Gasteiger partial charge on any atom is -0.384 e. The number of aliphatic hydroxyl groups is 1. The van der Waals surface area contributed by atoms with Gasteiger partial charge in [0.25, 0.3) is 0 Å². The molecule has 1 heterocycles. The van der Waals surface area contributed by atoms with Crippen molar-refractivity contribution in [3.05, 3.63) is 0 Å². The smallest absolute Gasteiger partial charge is 0.149 e. The predicted octanol–water partition coefficient (Wildman–Crippen LogP) is -0.647. The maximum Gasteiger partial charge on any atom is 0.149 e.